The topological polar surface area (TPSA) is 3.24 Å². The second-order valence-electron chi connectivity index (χ2n) is 18.0. The molecule has 10 aromatic rings. The van der Waals surface area contributed by atoms with Crippen LogP contribution in [0.2, 0.25) is 0 Å². The molecule has 0 saturated carbocycles. The lowest BCUT2D eigenvalue weighted by Gasteiger charge is -2.32. The van der Waals surface area contributed by atoms with Crippen molar-refractivity contribution in [2.75, 3.05) is 4.90 Å². The molecule has 1 spiro atoms. The predicted molar refractivity (Wildman–Crippen MR) is 263 cm³/mol. The summed E-state index contributed by atoms with van der Waals surface area (Å²) in [7, 11) is 0. The number of hydrogen-bond donors (Lipinski definition) is 0. The van der Waals surface area contributed by atoms with Crippen LogP contribution in [-0.2, 0) is 10.8 Å². The molecule has 10 aromatic carbocycles. The van der Waals surface area contributed by atoms with E-state index in [1.54, 1.807) is 0 Å². The number of benzene rings is 10. The van der Waals surface area contributed by atoms with Crippen molar-refractivity contribution in [1.29, 1.82) is 0 Å². The van der Waals surface area contributed by atoms with Crippen LogP contribution >= 0.6 is 0 Å². The quantitative estimate of drug-likeness (QED) is 0.168. The van der Waals surface area contributed by atoms with Gasteiger partial charge in [0, 0.05) is 22.5 Å². The summed E-state index contributed by atoms with van der Waals surface area (Å²) in [6.07, 6.45) is 0. The summed E-state index contributed by atoms with van der Waals surface area (Å²) in [5, 5.41) is 2.51. The van der Waals surface area contributed by atoms with E-state index < -0.39 is 5.41 Å². The Morgan fingerprint density at radius 2 is 0.746 bits per heavy atom. The van der Waals surface area contributed by atoms with Crippen molar-refractivity contribution in [3.05, 3.63) is 258 Å². The lowest BCUT2D eigenvalue weighted by atomic mass is 9.70. The molecule has 0 aliphatic heterocycles. The third kappa shape index (κ3) is 4.99. The van der Waals surface area contributed by atoms with E-state index in [1.807, 2.05) is 0 Å². The molecular weight excluding hydrogens is 759 g/mol. The normalized spacial score (nSPS) is 14.1. The molecule has 0 saturated heterocycles. The molecule has 0 fully saturated rings. The molecule has 0 aromatic heterocycles. The van der Waals surface area contributed by atoms with Gasteiger partial charge in [0.1, 0.15) is 0 Å². The van der Waals surface area contributed by atoms with Crippen molar-refractivity contribution in [3.8, 4) is 55.6 Å². The summed E-state index contributed by atoms with van der Waals surface area (Å²) in [6.45, 7) is 4.75. The van der Waals surface area contributed by atoms with Crippen molar-refractivity contribution < 1.29 is 0 Å². The van der Waals surface area contributed by atoms with Gasteiger partial charge in [0.15, 0.2) is 0 Å². The predicted octanol–water partition coefficient (Wildman–Crippen LogP) is 16.3. The smallest absolute Gasteiger partial charge is 0.0726 e. The maximum absolute atomic E-state index is 2.51. The monoisotopic (exact) mass is 801 g/mol. The Balaban J connectivity index is 1.03. The average molecular weight is 802 g/mol. The summed E-state index contributed by atoms with van der Waals surface area (Å²) >= 11 is 0. The Hall–Kier alpha value is -7.74. The van der Waals surface area contributed by atoms with Gasteiger partial charge in [-0.25, -0.2) is 0 Å². The van der Waals surface area contributed by atoms with Crippen LogP contribution in [0, 0.1) is 0 Å². The van der Waals surface area contributed by atoms with Gasteiger partial charge in [-0.15, -0.1) is 0 Å². The van der Waals surface area contributed by atoms with Gasteiger partial charge < -0.3 is 4.90 Å². The van der Waals surface area contributed by atoms with E-state index in [0.29, 0.717) is 0 Å². The zero-order chi connectivity index (χ0) is 41.9. The minimum atomic E-state index is -0.434. The fourth-order valence-corrected chi connectivity index (χ4v) is 11.7. The molecule has 13 rings (SSSR count). The third-order valence-corrected chi connectivity index (χ3v) is 14.5. The van der Waals surface area contributed by atoms with Crippen molar-refractivity contribution in [2.45, 2.75) is 24.7 Å². The fraction of sp³-hybridized carbons (Fsp3) is 0.0645. The van der Waals surface area contributed by atoms with E-state index in [1.165, 1.54) is 99.8 Å². The van der Waals surface area contributed by atoms with E-state index in [2.05, 4.69) is 243 Å². The number of hydrogen-bond acceptors (Lipinski definition) is 1. The van der Waals surface area contributed by atoms with Gasteiger partial charge >= 0.3 is 0 Å². The molecule has 0 heterocycles. The molecule has 0 amide bonds. The van der Waals surface area contributed by atoms with Crippen LogP contribution in [0.4, 0.5) is 17.1 Å². The molecule has 0 radical (unpaired) electrons. The Bertz CT molecular complexity index is 3420. The molecule has 0 N–H and O–H groups in total. The third-order valence-electron chi connectivity index (χ3n) is 14.5. The van der Waals surface area contributed by atoms with Crippen molar-refractivity contribution >= 4 is 27.8 Å². The zero-order valence-corrected chi connectivity index (χ0v) is 35.3. The maximum atomic E-state index is 2.51. The second kappa shape index (κ2) is 13.4. The van der Waals surface area contributed by atoms with Gasteiger partial charge in [0.25, 0.3) is 0 Å². The minimum absolute atomic E-state index is 0.137. The molecule has 0 atom stereocenters. The molecule has 3 aliphatic carbocycles. The van der Waals surface area contributed by atoms with Gasteiger partial charge in [-0.2, -0.15) is 0 Å². The first-order valence-corrected chi connectivity index (χ1v) is 22.2. The highest BCUT2D eigenvalue weighted by atomic mass is 15.1. The SMILES string of the molecule is CC1(C)c2ccccc2-c2ccc(N(c3ccc(-c4ccc5ccccc5c4-c4ccccc4)cc3)c3ccc4c(c3)C3(c5ccccc5-c5ccccc53)c3ccccc3-4)cc21. The van der Waals surface area contributed by atoms with E-state index in [0.717, 1.165) is 17.1 Å². The van der Waals surface area contributed by atoms with E-state index in [9.17, 15) is 0 Å². The van der Waals surface area contributed by atoms with Crippen molar-refractivity contribution in [3.63, 3.8) is 0 Å². The van der Waals surface area contributed by atoms with Gasteiger partial charge in [0.05, 0.1) is 5.41 Å². The van der Waals surface area contributed by atoms with Crippen LogP contribution in [0.15, 0.2) is 224 Å². The number of anilines is 3. The van der Waals surface area contributed by atoms with Crippen LogP contribution in [0.1, 0.15) is 47.2 Å². The molecule has 3 aliphatic rings. The minimum Gasteiger partial charge on any atom is -0.310 e. The highest BCUT2D eigenvalue weighted by Crippen LogP contribution is 2.63. The summed E-state index contributed by atoms with van der Waals surface area (Å²) in [5.41, 5.74) is 23.8. The van der Waals surface area contributed by atoms with E-state index in [-0.39, 0.29) is 5.41 Å². The Labute approximate surface area is 369 Å². The maximum Gasteiger partial charge on any atom is 0.0726 e. The fourth-order valence-electron chi connectivity index (χ4n) is 11.7. The van der Waals surface area contributed by atoms with E-state index in [4.69, 9.17) is 0 Å². The first-order valence-electron chi connectivity index (χ1n) is 22.2. The van der Waals surface area contributed by atoms with Gasteiger partial charge in [-0.3, -0.25) is 0 Å². The molecule has 63 heavy (non-hydrogen) atoms. The van der Waals surface area contributed by atoms with Crippen molar-refractivity contribution in [2.24, 2.45) is 0 Å². The molecular formula is C62H43N. The number of fused-ring (bicyclic) bond motifs is 14. The largest absolute Gasteiger partial charge is 0.310 e. The first-order chi connectivity index (χ1) is 31.0. The summed E-state index contributed by atoms with van der Waals surface area (Å²) in [6, 6.07) is 84.0. The Kier molecular flexibility index (Phi) is 7.64. The summed E-state index contributed by atoms with van der Waals surface area (Å²) < 4.78 is 0. The van der Waals surface area contributed by atoms with Crippen LogP contribution in [-0.4, -0.2) is 0 Å². The highest BCUT2D eigenvalue weighted by molar-refractivity contribution is 6.04. The number of nitrogens with zero attached hydrogens (tertiary/aromatic N) is 1. The average Bonchev–Trinajstić information content (AvgIpc) is 3.90. The highest BCUT2D eigenvalue weighted by Gasteiger charge is 2.51. The van der Waals surface area contributed by atoms with Gasteiger partial charge in [0.2, 0.25) is 0 Å². The second-order valence-corrected chi connectivity index (χ2v) is 18.0. The molecule has 296 valence electrons. The van der Waals surface area contributed by atoms with Crippen molar-refractivity contribution in [1.82, 2.24) is 0 Å². The van der Waals surface area contributed by atoms with Gasteiger partial charge in [-0.1, -0.05) is 202 Å². The van der Waals surface area contributed by atoms with E-state index >= 15 is 0 Å². The molecule has 0 unspecified atom stereocenters. The molecule has 0 bridgehead atoms. The molecule has 1 nitrogen and oxygen atoms in total. The van der Waals surface area contributed by atoms with Crippen LogP contribution in [0.3, 0.4) is 0 Å². The Morgan fingerprint density at radius 3 is 1.37 bits per heavy atom. The van der Waals surface area contributed by atoms with Crippen LogP contribution < -0.4 is 4.90 Å². The van der Waals surface area contributed by atoms with Gasteiger partial charge in [-0.05, 0) is 136 Å². The first kappa shape index (κ1) is 36.0. The van der Waals surface area contributed by atoms with Crippen LogP contribution in [0.25, 0.3) is 66.4 Å². The Morgan fingerprint density at radius 1 is 0.302 bits per heavy atom. The standard InChI is InChI=1S/C62H43N/c1-61(2)54-24-12-8-20-48(54)52-36-33-44(38-58(52)61)63(43-31-28-41(29-32-43)47-35-30-40-16-6-7-19-46(40)60(47)42-17-4-3-5-18-42)45-34-37-53-51-23-11-15-27-57(51)62(59(53)39-45)55-25-13-9-21-49(55)50-22-10-14-26-56(50)62/h3-39H,1-2H3. The number of rotatable bonds is 5. The zero-order valence-electron chi connectivity index (χ0n) is 35.3. The summed E-state index contributed by atoms with van der Waals surface area (Å²) in [5.74, 6) is 0. The lowest BCUT2D eigenvalue weighted by molar-refractivity contribution is 0.660. The van der Waals surface area contributed by atoms with Crippen LogP contribution in [0.5, 0.6) is 0 Å². The summed E-state index contributed by atoms with van der Waals surface area (Å²) in [4.78, 5) is 2.49. The molecule has 1 heteroatoms. The lowest BCUT2D eigenvalue weighted by Crippen LogP contribution is -2.26.